The Bertz CT molecular complexity index is 329. The van der Waals surface area contributed by atoms with Crippen molar-refractivity contribution in [3.05, 3.63) is 35.6 Å². The van der Waals surface area contributed by atoms with Gasteiger partial charge in [0.05, 0.1) is 0 Å². The lowest BCUT2D eigenvalue weighted by Gasteiger charge is -2.18. The van der Waals surface area contributed by atoms with E-state index in [0.717, 1.165) is 12.0 Å². The van der Waals surface area contributed by atoms with Crippen molar-refractivity contribution in [2.45, 2.75) is 25.7 Å². The lowest BCUT2D eigenvalue weighted by Crippen LogP contribution is -2.36. The number of methoxy groups -OCH3 is 2. The molecule has 0 aliphatic rings. The summed E-state index contributed by atoms with van der Waals surface area (Å²) >= 11 is 0. The van der Waals surface area contributed by atoms with Gasteiger partial charge in [0, 0.05) is 26.8 Å². The molecule has 0 radical (unpaired) electrons. The van der Waals surface area contributed by atoms with E-state index in [0.29, 0.717) is 6.54 Å². The highest BCUT2D eigenvalue weighted by molar-refractivity contribution is 5.17. The number of halogens is 1. The predicted octanol–water partition coefficient (Wildman–Crippen LogP) is 1.97. The van der Waals surface area contributed by atoms with E-state index in [-0.39, 0.29) is 18.1 Å². The summed E-state index contributed by atoms with van der Waals surface area (Å²) in [5.74, 6) is -0.193. The first-order valence-electron chi connectivity index (χ1n) is 5.69. The summed E-state index contributed by atoms with van der Waals surface area (Å²) < 4.78 is 23.1. The molecule has 3 nitrogen and oxygen atoms in total. The van der Waals surface area contributed by atoms with Crippen LogP contribution in [-0.2, 0) is 15.9 Å². The first kappa shape index (κ1) is 14.1. The van der Waals surface area contributed by atoms with Crippen molar-refractivity contribution in [1.29, 1.82) is 0 Å². The highest BCUT2D eigenvalue weighted by atomic mass is 19.1. The molecular weight excluding hydrogens is 221 g/mol. The van der Waals surface area contributed by atoms with E-state index in [2.05, 4.69) is 5.32 Å². The number of rotatable bonds is 7. The van der Waals surface area contributed by atoms with Gasteiger partial charge in [-0.3, -0.25) is 0 Å². The van der Waals surface area contributed by atoms with Gasteiger partial charge in [0.2, 0.25) is 0 Å². The fourth-order valence-electron chi connectivity index (χ4n) is 1.65. The molecule has 1 N–H and O–H groups in total. The molecule has 0 saturated carbocycles. The van der Waals surface area contributed by atoms with Crippen molar-refractivity contribution >= 4 is 0 Å². The molecule has 4 heteroatoms. The zero-order valence-electron chi connectivity index (χ0n) is 10.6. The highest BCUT2D eigenvalue weighted by Crippen LogP contribution is 2.06. The molecule has 17 heavy (non-hydrogen) atoms. The fraction of sp³-hybridized carbons (Fsp3) is 0.538. The lowest BCUT2D eigenvalue weighted by molar-refractivity contribution is -0.0996. The Balaban J connectivity index is 2.36. The molecule has 1 aromatic rings. The van der Waals surface area contributed by atoms with Gasteiger partial charge in [-0.2, -0.15) is 0 Å². The van der Waals surface area contributed by atoms with E-state index in [1.165, 1.54) is 6.07 Å². The molecule has 1 aromatic carbocycles. The summed E-state index contributed by atoms with van der Waals surface area (Å²) in [6.07, 6.45) is 0.530. The van der Waals surface area contributed by atoms with Crippen LogP contribution in [0.1, 0.15) is 12.5 Å². The van der Waals surface area contributed by atoms with Crippen LogP contribution in [0.4, 0.5) is 4.39 Å². The molecule has 0 spiro atoms. The number of hydrogen-bond acceptors (Lipinski definition) is 3. The summed E-state index contributed by atoms with van der Waals surface area (Å²) in [6.45, 7) is 2.66. The number of hydrogen-bond donors (Lipinski definition) is 1. The Kier molecular flexibility index (Phi) is 6.11. The third-order valence-electron chi connectivity index (χ3n) is 2.59. The minimum Gasteiger partial charge on any atom is -0.355 e. The van der Waals surface area contributed by atoms with Crippen LogP contribution < -0.4 is 5.32 Å². The minimum absolute atomic E-state index is 0.193. The van der Waals surface area contributed by atoms with Gasteiger partial charge < -0.3 is 14.8 Å². The second-order valence-electron chi connectivity index (χ2n) is 4.04. The third-order valence-corrected chi connectivity index (χ3v) is 2.59. The monoisotopic (exact) mass is 241 g/mol. The summed E-state index contributed by atoms with van der Waals surface area (Å²) in [6, 6.07) is 6.90. The zero-order chi connectivity index (χ0) is 12.7. The third kappa shape index (κ3) is 5.26. The quantitative estimate of drug-likeness (QED) is 0.740. The predicted molar refractivity (Wildman–Crippen MR) is 65.4 cm³/mol. The first-order chi connectivity index (χ1) is 8.15. The topological polar surface area (TPSA) is 30.5 Å². The van der Waals surface area contributed by atoms with E-state index in [1.807, 2.05) is 13.0 Å². The molecule has 1 rings (SSSR count). The maximum absolute atomic E-state index is 13.0. The van der Waals surface area contributed by atoms with Gasteiger partial charge >= 0.3 is 0 Å². The molecular formula is C13H20FNO2. The van der Waals surface area contributed by atoms with Crippen molar-refractivity contribution in [2.75, 3.05) is 20.8 Å². The number of nitrogens with one attached hydrogen (secondary N) is 1. The summed E-state index contributed by atoms with van der Waals surface area (Å²) in [4.78, 5) is 0. The van der Waals surface area contributed by atoms with E-state index < -0.39 is 0 Å². The van der Waals surface area contributed by atoms with Crippen LogP contribution in [0.3, 0.4) is 0 Å². The molecule has 0 bridgehead atoms. The van der Waals surface area contributed by atoms with Crippen LogP contribution in [0, 0.1) is 5.82 Å². The zero-order valence-corrected chi connectivity index (χ0v) is 10.6. The van der Waals surface area contributed by atoms with Gasteiger partial charge in [-0.05, 0) is 31.0 Å². The van der Waals surface area contributed by atoms with Crippen LogP contribution in [0.15, 0.2) is 24.3 Å². The van der Waals surface area contributed by atoms with E-state index >= 15 is 0 Å². The molecule has 1 atom stereocenters. The van der Waals surface area contributed by atoms with Gasteiger partial charge in [-0.15, -0.1) is 0 Å². The standard InChI is InChI=1S/C13H20FNO2/c1-10(15-9-13(16-2)17-3)7-11-5-4-6-12(14)8-11/h4-6,8,10,13,15H,7,9H2,1-3H3. The molecule has 0 saturated heterocycles. The number of ether oxygens (including phenoxy) is 2. The van der Waals surface area contributed by atoms with Crippen LogP contribution in [0.5, 0.6) is 0 Å². The van der Waals surface area contributed by atoms with Gasteiger partial charge in [0.1, 0.15) is 5.82 Å². The van der Waals surface area contributed by atoms with E-state index in [1.54, 1.807) is 26.4 Å². The Morgan fingerprint density at radius 2 is 2.00 bits per heavy atom. The summed E-state index contributed by atoms with van der Waals surface area (Å²) in [7, 11) is 3.21. The van der Waals surface area contributed by atoms with Gasteiger partial charge in [-0.1, -0.05) is 12.1 Å². The molecule has 96 valence electrons. The average Bonchev–Trinajstić information content (AvgIpc) is 2.30. The van der Waals surface area contributed by atoms with Crippen LogP contribution in [-0.4, -0.2) is 33.1 Å². The van der Waals surface area contributed by atoms with Crippen LogP contribution in [0.2, 0.25) is 0 Å². The molecule has 1 unspecified atom stereocenters. The lowest BCUT2D eigenvalue weighted by atomic mass is 10.1. The van der Waals surface area contributed by atoms with E-state index in [4.69, 9.17) is 9.47 Å². The summed E-state index contributed by atoms with van der Waals surface area (Å²) in [5, 5.41) is 3.28. The molecule has 0 fully saturated rings. The Labute approximate surface area is 102 Å². The van der Waals surface area contributed by atoms with Gasteiger partial charge in [-0.25, -0.2) is 4.39 Å². The Morgan fingerprint density at radius 3 is 2.59 bits per heavy atom. The second kappa shape index (κ2) is 7.37. The highest BCUT2D eigenvalue weighted by Gasteiger charge is 2.08. The molecule has 0 aliphatic heterocycles. The summed E-state index contributed by atoms with van der Waals surface area (Å²) in [5.41, 5.74) is 0.983. The van der Waals surface area contributed by atoms with Crippen molar-refractivity contribution in [3.63, 3.8) is 0 Å². The van der Waals surface area contributed by atoms with Crippen molar-refractivity contribution in [3.8, 4) is 0 Å². The Hall–Kier alpha value is -0.970. The molecule has 0 aromatic heterocycles. The van der Waals surface area contributed by atoms with Crippen molar-refractivity contribution < 1.29 is 13.9 Å². The van der Waals surface area contributed by atoms with Crippen LogP contribution >= 0.6 is 0 Å². The Morgan fingerprint density at radius 1 is 1.29 bits per heavy atom. The van der Waals surface area contributed by atoms with Gasteiger partial charge in [0.15, 0.2) is 6.29 Å². The van der Waals surface area contributed by atoms with E-state index in [9.17, 15) is 4.39 Å². The van der Waals surface area contributed by atoms with Gasteiger partial charge in [0.25, 0.3) is 0 Å². The fourth-order valence-corrected chi connectivity index (χ4v) is 1.65. The largest absolute Gasteiger partial charge is 0.355 e. The maximum atomic E-state index is 13.0. The normalized spacial score (nSPS) is 13.0. The molecule has 0 heterocycles. The van der Waals surface area contributed by atoms with Crippen molar-refractivity contribution in [2.24, 2.45) is 0 Å². The smallest absolute Gasteiger partial charge is 0.169 e. The average molecular weight is 241 g/mol. The van der Waals surface area contributed by atoms with Crippen molar-refractivity contribution in [1.82, 2.24) is 5.32 Å². The molecule has 0 amide bonds. The van der Waals surface area contributed by atoms with Crippen LogP contribution in [0.25, 0.3) is 0 Å². The SMILES string of the molecule is COC(CNC(C)Cc1cccc(F)c1)OC. The minimum atomic E-state index is -0.245. The maximum Gasteiger partial charge on any atom is 0.169 e. The first-order valence-corrected chi connectivity index (χ1v) is 5.69. The molecule has 0 aliphatic carbocycles. The second-order valence-corrected chi connectivity index (χ2v) is 4.04. The number of benzene rings is 1.